The average molecular weight is 425 g/mol. The molecule has 6 nitrogen and oxygen atoms in total. The van der Waals surface area contributed by atoms with E-state index < -0.39 is 10.0 Å². The summed E-state index contributed by atoms with van der Waals surface area (Å²) in [5, 5.41) is 0. The third-order valence-corrected chi connectivity index (χ3v) is 7.24. The van der Waals surface area contributed by atoms with Crippen molar-refractivity contribution in [2.45, 2.75) is 37.8 Å². The van der Waals surface area contributed by atoms with Gasteiger partial charge in [-0.05, 0) is 62.2 Å². The maximum atomic E-state index is 13.4. The van der Waals surface area contributed by atoms with Crippen molar-refractivity contribution in [1.29, 1.82) is 0 Å². The second-order valence-corrected chi connectivity index (χ2v) is 9.50. The Bertz CT molecular complexity index is 1200. The topological polar surface area (TPSA) is 70.8 Å². The number of carbonyl (C=O) groups is 1. The summed E-state index contributed by atoms with van der Waals surface area (Å²) < 4.78 is 33.9. The zero-order valence-electron chi connectivity index (χ0n) is 17.2. The molecule has 30 heavy (non-hydrogen) atoms. The highest BCUT2D eigenvalue weighted by Gasteiger charge is 2.36. The quantitative estimate of drug-likeness (QED) is 0.621. The molecule has 0 fully saturated rings. The van der Waals surface area contributed by atoms with Crippen molar-refractivity contribution in [3.8, 4) is 0 Å². The Balaban J connectivity index is 1.62. The van der Waals surface area contributed by atoms with Crippen molar-refractivity contribution in [1.82, 2.24) is 4.90 Å². The van der Waals surface area contributed by atoms with E-state index in [1.807, 2.05) is 50.2 Å². The van der Waals surface area contributed by atoms with E-state index in [0.717, 1.165) is 11.3 Å². The van der Waals surface area contributed by atoms with Crippen LogP contribution in [0.2, 0.25) is 0 Å². The van der Waals surface area contributed by atoms with E-state index in [0.29, 0.717) is 30.0 Å². The number of rotatable bonds is 5. The molecule has 1 atom stereocenters. The van der Waals surface area contributed by atoms with Crippen LogP contribution in [-0.2, 0) is 23.0 Å². The van der Waals surface area contributed by atoms with E-state index >= 15 is 0 Å². The molecule has 0 radical (unpaired) electrons. The Morgan fingerprint density at radius 1 is 1.13 bits per heavy atom. The Morgan fingerprint density at radius 2 is 1.90 bits per heavy atom. The Labute approximate surface area is 176 Å². The van der Waals surface area contributed by atoms with Crippen molar-refractivity contribution in [2.24, 2.45) is 0 Å². The molecule has 7 heteroatoms. The van der Waals surface area contributed by atoms with Crippen molar-refractivity contribution >= 4 is 21.6 Å². The third-order valence-electron chi connectivity index (χ3n) is 5.32. The fraction of sp³-hybridized carbons (Fsp3) is 0.261. The minimum atomic E-state index is -3.79. The molecule has 0 aliphatic carbocycles. The van der Waals surface area contributed by atoms with Crippen LogP contribution in [-0.4, -0.2) is 32.3 Å². The van der Waals surface area contributed by atoms with Gasteiger partial charge in [0.1, 0.15) is 11.5 Å². The zero-order valence-corrected chi connectivity index (χ0v) is 18.0. The lowest BCUT2D eigenvalue weighted by molar-refractivity contribution is 0.0774. The third kappa shape index (κ3) is 3.61. The molecule has 1 unspecified atom stereocenters. The summed E-state index contributed by atoms with van der Waals surface area (Å²) >= 11 is 0. The van der Waals surface area contributed by atoms with Crippen LogP contribution in [0.15, 0.2) is 70.0 Å². The number of aryl methyl sites for hydroxylation is 1. The van der Waals surface area contributed by atoms with Gasteiger partial charge in [-0.15, -0.1) is 0 Å². The highest BCUT2D eigenvalue weighted by molar-refractivity contribution is 7.92. The van der Waals surface area contributed by atoms with Crippen LogP contribution in [0.25, 0.3) is 0 Å². The summed E-state index contributed by atoms with van der Waals surface area (Å²) in [5.74, 6) is 1.18. The van der Waals surface area contributed by atoms with Crippen molar-refractivity contribution in [2.75, 3.05) is 11.4 Å². The van der Waals surface area contributed by atoms with Crippen molar-refractivity contribution < 1.29 is 17.6 Å². The van der Waals surface area contributed by atoms with E-state index in [4.69, 9.17) is 4.42 Å². The van der Waals surface area contributed by atoms with E-state index in [-0.39, 0.29) is 16.8 Å². The average Bonchev–Trinajstić information content (AvgIpc) is 3.29. The number of nitrogens with zero attached hydrogens (tertiary/aromatic N) is 2. The first-order valence-electron chi connectivity index (χ1n) is 9.80. The Morgan fingerprint density at radius 3 is 2.63 bits per heavy atom. The van der Waals surface area contributed by atoms with Gasteiger partial charge in [-0.1, -0.05) is 24.3 Å². The molecule has 1 aliphatic heterocycles. The summed E-state index contributed by atoms with van der Waals surface area (Å²) in [7, 11) is -2.13. The monoisotopic (exact) mass is 424 g/mol. The lowest BCUT2D eigenvalue weighted by Gasteiger charge is -2.25. The molecule has 1 aromatic heterocycles. The lowest BCUT2D eigenvalue weighted by atomic mass is 10.1. The maximum absolute atomic E-state index is 13.4. The largest absolute Gasteiger partial charge is 0.464 e. The number of sulfonamides is 1. The molecule has 3 aromatic rings. The molecular weight excluding hydrogens is 400 g/mol. The van der Waals surface area contributed by atoms with Crippen LogP contribution < -0.4 is 4.31 Å². The molecule has 0 saturated heterocycles. The molecule has 2 heterocycles. The van der Waals surface area contributed by atoms with Gasteiger partial charge >= 0.3 is 0 Å². The number of furan rings is 1. The van der Waals surface area contributed by atoms with Gasteiger partial charge in [0, 0.05) is 18.7 Å². The normalized spacial score (nSPS) is 15.8. The Kier molecular flexibility index (Phi) is 5.15. The first-order valence-corrected chi connectivity index (χ1v) is 11.2. The van der Waals surface area contributed by atoms with Crippen LogP contribution in [0.5, 0.6) is 0 Å². The number of carbonyl (C=O) groups excluding carboxylic acids is 1. The second-order valence-electron chi connectivity index (χ2n) is 7.68. The van der Waals surface area contributed by atoms with Gasteiger partial charge in [-0.2, -0.15) is 0 Å². The maximum Gasteiger partial charge on any atom is 0.264 e. The van der Waals surface area contributed by atoms with E-state index in [1.165, 1.54) is 21.3 Å². The number of amides is 1. The fourth-order valence-electron chi connectivity index (χ4n) is 3.90. The number of fused-ring (bicyclic) bond motifs is 1. The summed E-state index contributed by atoms with van der Waals surface area (Å²) in [4.78, 5) is 14.5. The van der Waals surface area contributed by atoms with Gasteiger partial charge in [0.25, 0.3) is 15.9 Å². The number of hydrogen-bond acceptors (Lipinski definition) is 4. The minimum absolute atomic E-state index is 0.110. The highest BCUT2D eigenvalue weighted by Crippen LogP contribution is 2.36. The predicted octanol–water partition coefficient (Wildman–Crippen LogP) is 4.00. The van der Waals surface area contributed by atoms with Crippen LogP contribution >= 0.6 is 0 Å². The molecular formula is C23H24N2O4S. The molecule has 156 valence electrons. The van der Waals surface area contributed by atoms with Crippen LogP contribution in [0.1, 0.15) is 34.4 Å². The molecule has 0 saturated carbocycles. The zero-order chi connectivity index (χ0) is 21.5. The number of para-hydroxylation sites is 1. The molecule has 0 bridgehead atoms. The van der Waals surface area contributed by atoms with Crippen LogP contribution in [0, 0.1) is 6.92 Å². The summed E-state index contributed by atoms with van der Waals surface area (Å²) in [5.41, 5.74) is 2.03. The predicted molar refractivity (Wildman–Crippen MR) is 115 cm³/mol. The van der Waals surface area contributed by atoms with Gasteiger partial charge in [0.15, 0.2) is 0 Å². The lowest BCUT2D eigenvalue weighted by Crippen LogP contribution is -2.36. The van der Waals surface area contributed by atoms with E-state index in [1.54, 1.807) is 19.2 Å². The first kappa shape index (κ1) is 20.2. The smallest absolute Gasteiger partial charge is 0.264 e. The van der Waals surface area contributed by atoms with E-state index in [2.05, 4.69) is 0 Å². The van der Waals surface area contributed by atoms with Crippen LogP contribution in [0.4, 0.5) is 5.69 Å². The highest BCUT2D eigenvalue weighted by atomic mass is 32.2. The standard InChI is InChI=1S/C23H24N2O4S/c1-16-13-18-7-4-5-10-22(18)25(16)30(27,28)21-9-6-8-19(14-21)23(26)24(3)15-20-12-11-17(2)29-20/h4-12,14,16H,13,15H2,1-3H3. The minimum Gasteiger partial charge on any atom is -0.464 e. The van der Waals surface area contributed by atoms with Gasteiger partial charge in [0.05, 0.1) is 17.1 Å². The van der Waals surface area contributed by atoms with Gasteiger partial charge < -0.3 is 9.32 Å². The fourth-order valence-corrected chi connectivity index (χ4v) is 5.64. The number of benzene rings is 2. The van der Waals surface area contributed by atoms with Gasteiger partial charge in [0.2, 0.25) is 0 Å². The molecule has 0 spiro atoms. The molecule has 1 aliphatic rings. The Hall–Kier alpha value is -3.06. The summed E-state index contributed by atoms with van der Waals surface area (Å²) in [6.45, 7) is 4.04. The second kappa shape index (κ2) is 7.65. The van der Waals surface area contributed by atoms with Crippen LogP contribution in [0.3, 0.4) is 0 Å². The molecule has 2 aromatic carbocycles. The number of hydrogen-bond donors (Lipinski definition) is 0. The summed E-state index contributed by atoms with van der Waals surface area (Å²) in [6, 6.07) is 17.2. The first-order chi connectivity index (χ1) is 14.3. The van der Waals surface area contributed by atoms with Crippen molar-refractivity contribution in [3.63, 3.8) is 0 Å². The SMILES string of the molecule is Cc1ccc(CN(C)C(=O)c2cccc(S(=O)(=O)N3c4ccccc4CC3C)c2)o1. The molecule has 0 N–H and O–H groups in total. The van der Waals surface area contributed by atoms with Crippen molar-refractivity contribution in [3.05, 3.63) is 83.3 Å². The van der Waals surface area contributed by atoms with Gasteiger partial charge in [-0.3, -0.25) is 9.10 Å². The molecule has 1 amide bonds. The van der Waals surface area contributed by atoms with Gasteiger partial charge in [-0.25, -0.2) is 8.42 Å². The molecule has 4 rings (SSSR count). The summed E-state index contributed by atoms with van der Waals surface area (Å²) in [6.07, 6.45) is 0.666. The number of anilines is 1. The van der Waals surface area contributed by atoms with E-state index in [9.17, 15) is 13.2 Å².